The van der Waals surface area contributed by atoms with Crippen molar-refractivity contribution in [1.82, 2.24) is 9.38 Å². The summed E-state index contributed by atoms with van der Waals surface area (Å²) in [5.41, 5.74) is 9.01. The Morgan fingerprint density at radius 2 is 1.67 bits per heavy atom. The largest absolute Gasteiger partial charge is 0.455 e. The minimum absolute atomic E-state index is 0.612. The van der Waals surface area contributed by atoms with E-state index >= 15 is 0 Å². The van der Waals surface area contributed by atoms with Crippen LogP contribution in [0.25, 0.3) is 61.0 Å². The minimum atomic E-state index is 0.612. The number of aryl methyl sites for hydroxylation is 1. The fourth-order valence-corrected chi connectivity index (χ4v) is 4.49. The van der Waals surface area contributed by atoms with Crippen LogP contribution in [0.2, 0.25) is 0 Å². The maximum Gasteiger partial charge on any atom is 0.307 e. The van der Waals surface area contributed by atoms with Crippen molar-refractivity contribution in [1.29, 1.82) is 0 Å². The summed E-state index contributed by atoms with van der Waals surface area (Å²) in [6.07, 6.45) is 0. The molecule has 0 spiro atoms. The Morgan fingerprint density at radius 1 is 0.733 bits per heavy atom. The number of nitrogens with zero attached hydrogens (tertiary/aromatic N) is 2. The lowest BCUT2D eigenvalue weighted by Crippen LogP contribution is -1.83. The van der Waals surface area contributed by atoms with E-state index in [-0.39, 0.29) is 0 Å². The van der Waals surface area contributed by atoms with Crippen molar-refractivity contribution in [2.45, 2.75) is 6.92 Å². The number of hydrogen-bond acceptors (Lipinski definition) is 3. The molecule has 0 aliphatic carbocycles. The first kappa shape index (κ1) is 15.8. The van der Waals surface area contributed by atoms with Crippen LogP contribution in [-0.4, -0.2) is 9.38 Å². The molecule has 0 saturated carbocycles. The average Bonchev–Trinajstić information content (AvgIpc) is 3.42. The molecule has 0 fully saturated rings. The fraction of sp³-hybridized carbons (Fsp3) is 0.0385. The van der Waals surface area contributed by atoms with Gasteiger partial charge in [-0.25, -0.2) is 0 Å². The Bertz CT molecular complexity index is 1760. The normalized spacial score (nSPS) is 12.2. The predicted molar refractivity (Wildman–Crippen MR) is 120 cm³/mol. The molecule has 7 aromatic rings. The third-order valence-electron chi connectivity index (χ3n) is 5.89. The van der Waals surface area contributed by atoms with Gasteiger partial charge in [0.05, 0.1) is 16.6 Å². The van der Waals surface area contributed by atoms with E-state index in [1.165, 1.54) is 5.56 Å². The number of imidazole rings is 1. The highest BCUT2D eigenvalue weighted by molar-refractivity contribution is 6.10. The van der Waals surface area contributed by atoms with E-state index < -0.39 is 0 Å². The molecule has 0 amide bonds. The van der Waals surface area contributed by atoms with E-state index in [0.717, 1.165) is 55.2 Å². The van der Waals surface area contributed by atoms with Crippen molar-refractivity contribution in [3.8, 4) is 11.1 Å². The van der Waals surface area contributed by atoms with Gasteiger partial charge in [-0.1, -0.05) is 48.0 Å². The molecule has 4 heteroatoms. The Balaban J connectivity index is 1.55. The van der Waals surface area contributed by atoms with Gasteiger partial charge in [-0.15, -0.1) is 0 Å². The minimum Gasteiger partial charge on any atom is -0.455 e. The fourth-order valence-electron chi connectivity index (χ4n) is 4.49. The first-order valence-electron chi connectivity index (χ1n) is 9.98. The lowest BCUT2D eigenvalue weighted by atomic mass is 10.0. The lowest BCUT2D eigenvalue weighted by molar-refractivity contribution is 0.643. The monoisotopic (exact) mass is 388 g/mol. The quantitative estimate of drug-likeness (QED) is 0.301. The number of benzene rings is 4. The van der Waals surface area contributed by atoms with Crippen LogP contribution in [0.4, 0.5) is 0 Å². The second-order valence-electron chi connectivity index (χ2n) is 7.79. The molecule has 0 N–H and O–H groups in total. The van der Waals surface area contributed by atoms with E-state index in [2.05, 4.69) is 70.9 Å². The molecule has 0 aliphatic rings. The van der Waals surface area contributed by atoms with Crippen LogP contribution in [0, 0.1) is 6.92 Å². The van der Waals surface area contributed by atoms with Crippen molar-refractivity contribution in [2.75, 3.05) is 0 Å². The Labute approximate surface area is 171 Å². The van der Waals surface area contributed by atoms with E-state index in [1.807, 2.05) is 24.3 Å². The van der Waals surface area contributed by atoms with Gasteiger partial charge in [-0.05, 0) is 48.9 Å². The molecule has 3 heterocycles. The van der Waals surface area contributed by atoms with Crippen LogP contribution >= 0.6 is 0 Å². The molecule has 0 bridgehead atoms. The van der Waals surface area contributed by atoms with E-state index in [1.54, 1.807) is 0 Å². The molecule has 3 aromatic heterocycles. The third-order valence-corrected chi connectivity index (χ3v) is 5.89. The van der Waals surface area contributed by atoms with Crippen LogP contribution in [0.15, 0.2) is 87.7 Å². The van der Waals surface area contributed by atoms with E-state index in [0.29, 0.717) is 5.84 Å². The zero-order valence-electron chi connectivity index (χ0n) is 16.2. The van der Waals surface area contributed by atoms with Gasteiger partial charge < -0.3 is 8.83 Å². The van der Waals surface area contributed by atoms with Crippen molar-refractivity contribution in [3.05, 3.63) is 84.4 Å². The van der Waals surface area contributed by atoms with Crippen LogP contribution in [-0.2, 0) is 0 Å². The summed E-state index contributed by atoms with van der Waals surface area (Å²) in [4.78, 5) is 4.67. The topological polar surface area (TPSA) is 43.6 Å². The Morgan fingerprint density at radius 3 is 2.63 bits per heavy atom. The van der Waals surface area contributed by atoms with Crippen LogP contribution in [0.1, 0.15) is 5.56 Å². The van der Waals surface area contributed by atoms with Gasteiger partial charge in [0, 0.05) is 16.3 Å². The van der Waals surface area contributed by atoms with E-state index in [9.17, 15) is 0 Å². The van der Waals surface area contributed by atoms with Crippen LogP contribution in [0.5, 0.6) is 0 Å². The van der Waals surface area contributed by atoms with Gasteiger partial charge in [-0.2, -0.15) is 4.98 Å². The molecule has 4 aromatic carbocycles. The maximum absolute atomic E-state index is 6.29. The average molecular weight is 388 g/mol. The maximum atomic E-state index is 6.29. The number of hydrogen-bond donors (Lipinski definition) is 0. The first-order valence-corrected chi connectivity index (χ1v) is 9.98. The molecule has 4 nitrogen and oxygen atoms in total. The summed E-state index contributed by atoms with van der Waals surface area (Å²) in [6.45, 7) is 2.11. The van der Waals surface area contributed by atoms with Gasteiger partial charge in [0.1, 0.15) is 11.2 Å². The van der Waals surface area contributed by atoms with Gasteiger partial charge in [0.15, 0.2) is 5.58 Å². The van der Waals surface area contributed by atoms with Crippen molar-refractivity contribution >= 4 is 49.9 Å². The summed E-state index contributed by atoms with van der Waals surface area (Å²) in [5.74, 6) is 0.612. The van der Waals surface area contributed by atoms with Crippen LogP contribution in [0.3, 0.4) is 0 Å². The van der Waals surface area contributed by atoms with Crippen LogP contribution < -0.4 is 0 Å². The van der Waals surface area contributed by atoms with Gasteiger partial charge >= 0.3 is 5.84 Å². The second-order valence-corrected chi connectivity index (χ2v) is 7.79. The highest BCUT2D eigenvalue weighted by atomic mass is 16.4. The van der Waals surface area contributed by atoms with Crippen molar-refractivity contribution in [2.24, 2.45) is 0 Å². The second kappa shape index (κ2) is 5.51. The standard InChI is InChI=1S/C26H16N2O2/c1-15-9-12-23-19(13-15)18-6-4-5-17(25(18)29-23)16-10-11-20-22(14-16)28-21-7-2-3-8-24(21)30-26(28)27-20/h2-14H,1H3. The molecule has 0 aliphatic heterocycles. The summed E-state index contributed by atoms with van der Waals surface area (Å²) < 4.78 is 14.3. The molecular formula is C26H16N2O2. The summed E-state index contributed by atoms with van der Waals surface area (Å²) in [6, 6.07) is 27.0. The molecule has 142 valence electrons. The SMILES string of the molecule is Cc1ccc2oc3c(-c4ccc5nc6oc7ccccc7n6c5c4)cccc3c2c1. The summed E-state index contributed by atoms with van der Waals surface area (Å²) in [5, 5.41) is 2.29. The number of oxazole rings is 1. The molecular weight excluding hydrogens is 372 g/mol. The molecule has 0 saturated heterocycles. The summed E-state index contributed by atoms with van der Waals surface area (Å²) >= 11 is 0. The Kier molecular flexibility index (Phi) is 2.91. The smallest absolute Gasteiger partial charge is 0.307 e. The van der Waals surface area contributed by atoms with Gasteiger partial charge in [0.2, 0.25) is 0 Å². The third kappa shape index (κ3) is 2.02. The first-order chi connectivity index (χ1) is 14.8. The predicted octanol–water partition coefficient (Wildman–Crippen LogP) is 7.11. The highest BCUT2D eigenvalue weighted by Gasteiger charge is 2.16. The molecule has 0 unspecified atom stereocenters. The number of rotatable bonds is 1. The number of fused-ring (bicyclic) bond motifs is 8. The molecule has 0 radical (unpaired) electrons. The van der Waals surface area contributed by atoms with Gasteiger partial charge in [-0.3, -0.25) is 4.40 Å². The number of para-hydroxylation sites is 3. The van der Waals surface area contributed by atoms with Gasteiger partial charge in [0.25, 0.3) is 0 Å². The van der Waals surface area contributed by atoms with Crippen molar-refractivity contribution in [3.63, 3.8) is 0 Å². The van der Waals surface area contributed by atoms with E-state index in [4.69, 9.17) is 8.83 Å². The lowest BCUT2D eigenvalue weighted by Gasteiger charge is -2.03. The number of furan rings is 1. The zero-order chi connectivity index (χ0) is 19.8. The van der Waals surface area contributed by atoms with Crippen molar-refractivity contribution < 1.29 is 8.83 Å². The Hall–Kier alpha value is -4.05. The molecule has 7 rings (SSSR count). The highest BCUT2D eigenvalue weighted by Crippen LogP contribution is 2.37. The molecule has 0 atom stereocenters. The number of aromatic nitrogens is 2. The zero-order valence-corrected chi connectivity index (χ0v) is 16.2. The summed E-state index contributed by atoms with van der Waals surface area (Å²) in [7, 11) is 0. The molecule has 30 heavy (non-hydrogen) atoms.